The van der Waals surface area contributed by atoms with Gasteiger partial charge in [0.15, 0.2) is 0 Å². The molecular weight excluding hydrogens is 158 g/mol. The van der Waals surface area contributed by atoms with Crippen molar-refractivity contribution in [3.63, 3.8) is 0 Å². The van der Waals surface area contributed by atoms with Crippen LogP contribution in [0.5, 0.6) is 0 Å². The van der Waals surface area contributed by atoms with Crippen molar-refractivity contribution >= 4 is 11.9 Å². The fourth-order valence-corrected chi connectivity index (χ4v) is 0.258. The van der Waals surface area contributed by atoms with Gasteiger partial charge in [-0.2, -0.15) is 0 Å². The summed E-state index contributed by atoms with van der Waals surface area (Å²) in [6.45, 7) is 0. The summed E-state index contributed by atoms with van der Waals surface area (Å²) in [5.74, 6) is -4.12. The molecule has 0 radical (unpaired) electrons. The van der Waals surface area contributed by atoms with E-state index < -0.39 is 24.1 Å². The maximum atomic E-state index is 9.63. The molecule has 8 heteroatoms. The Morgan fingerprint density at radius 3 is 1.17 bits per heavy atom. The number of aliphatic carboxylic acids is 2. The monoisotopic (exact) mass is 162 g/mol. The van der Waals surface area contributed by atoms with Crippen molar-refractivity contribution in [3.05, 3.63) is 0 Å². The smallest absolute Gasteiger partial charge is 0.547 e. The van der Waals surface area contributed by atoms with Crippen LogP contribution in [0.2, 0.25) is 0 Å². The molecule has 2 N–H and O–H groups in total. The number of rotatable bonds is 3. The molecule has 0 amide bonds. The fourth-order valence-electron chi connectivity index (χ4n) is 0.258. The van der Waals surface area contributed by atoms with Gasteiger partial charge in [0.2, 0.25) is 0 Å². The first kappa shape index (κ1) is 18.0. The molecule has 12 heavy (non-hydrogen) atoms. The molecule has 2 atom stereocenters. The van der Waals surface area contributed by atoms with Crippen LogP contribution in [0.3, 0.4) is 0 Å². The van der Waals surface area contributed by atoms with Gasteiger partial charge in [-0.1, -0.05) is 0 Å². The minimum Gasteiger partial charge on any atom is -0.547 e. The number of carbonyl (C=O) groups excluding carboxylic acids is 2. The Labute approximate surface area is 91.9 Å². The Bertz CT molecular complexity index is 142. The van der Waals surface area contributed by atoms with E-state index in [0.29, 0.717) is 0 Å². The normalized spacial score (nSPS) is 13.2. The van der Waals surface area contributed by atoms with Crippen LogP contribution in [-0.4, -0.2) is 34.4 Å². The Morgan fingerprint density at radius 2 is 1.08 bits per heavy atom. The molecule has 58 valence electrons. The van der Waals surface area contributed by atoms with Gasteiger partial charge in [-0.25, -0.2) is 0 Å². The van der Waals surface area contributed by atoms with E-state index in [1.807, 2.05) is 0 Å². The van der Waals surface area contributed by atoms with Gasteiger partial charge in [-0.3, -0.25) is 0 Å². The summed E-state index contributed by atoms with van der Waals surface area (Å²) in [6, 6.07) is 0. The number of hydrogen-bond acceptors (Lipinski definition) is 6. The molecule has 0 rings (SSSR count). The molecule has 0 saturated heterocycles. The zero-order chi connectivity index (χ0) is 8.31. The molecule has 0 aliphatic heterocycles. The Morgan fingerprint density at radius 1 is 0.917 bits per heavy atom. The molecule has 6 nitrogen and oxygen atoms in total. The van der Waals surface area contributed by atoms with E-state index >= 15 is 0 Å². The molecule has 0 fully saturated rings. The van der Waals surface area contributed by atoms with Gasteiger partial charge in [0, 0.05) is 0 Å². The SMILES string of the molecule is O=C([O-])[C@@H](O)[C@H](O)C(=O)[O-].[Li+].[Li+]. The van der Waals surface area contributed by atoms with Crippen LogP contribution in [0.4, 0.5) is 0 Å². The van der Waals surface area contributed by atoms with Gasteiger partial charge in [0.25, 0.3) is 0 Å². The number of aliphatic hydroxyl groups excluding tert-OH is 2. The number of carboxylic acid groups (broad SMARTS) is 2. The minimum atomic E-state index is -2.44. The second-order valence-electron chi connectivity index (χ2n) is 1.53. The molecule has 0 aliphatic carbocycles. The maximum absolute atomic E-state index is 9.63. The zero-order valence-electron chi connectivity index (χ0n) is 6.68. The third-order valence-corrected chi connectivity index (χ3v) is 0.782. The van der Waals surface area contributed by atoms with Crippen LogP contribution in [-0.2, 0) is 9.59 Å². The molecule has 0 unspecified atom stereocenters. The van der Waals surface area contributed by atoms with Crippen LogP contribution in [0, 0.1) is 0 Å². The average Bonchev–Trinajstić information content (AvgIpc) is 1.84. The van der Waals surface area contributed by atoms with Crippen LogP contribution in [0.15, 0.2) is 0 Å². The molecular formula is C4H4Li2O6. The first-order chi connectivity index (χ1) is 4.46. The van der Waals surface area contributed by atoms with E-state index in [-0.39, 0.29) is 37.7 Å². The summed E-state index contributed by atoms with van der Waals surface area (Å²) in [4.78, 5) is 19.3. The minimum absolute atomic E-state index is 0. The van der Waals surface area contributed by atoms with Crippen LogP contribution in [0.1, 0.15) is 0 Å². The quantitative estimate of drug-likeness (QED) is 0.397. The molecule has 0 aromatic heterocycles. The van der Waals surface area contributed by atoms with Crippen molar-refractivity contribution in [3.8, 4) is 0 Å². The summed E-state index contributed by atoms with van der Waals surface area (Å²) in [7, 11) is 0. The summed E-state index contributed by atoms with van der Waals surface area (Å²) in [6.07, 6.45) is -4.88. The summed E-state index contributed by atoms with van der Waals surface area (Å²) in [5.41, 5.74) is 0. The van der Waals surface area contributed by atoms with E-state index in [1.165, 1.54) is 0 Å². The van der Waals surface area contributed by atoms with Crippen LogP contribution >= 0.6 is 0 Å². The van der Waals surface area contributed by atoms with Crippen molar-refractivity contribution in [2.75, 3.05) is 0 Å². The Hall–Kier alpha value is 0.0548. The first-order valence-corrected chi connectivity index (χ1v) is 2.24. The predicted octanol–water partition coefficient (Wildman–Crippen LogP) is -10.8. The number of carboxylic acids is 2. The van der Waals surface area contributed by atoms with Crippen LogP contribution in [0.25, 0.3) is 0 Å². The third-order valence-electron chi connectivity index (χ3n) is 0.782. The van der Waals surface area contributed by atoms with Gasteiger partial charge in [-0.05, 0) is 0 Å². The summed E-state index contributed by atoms with van der Waals surface area (Å²) >= 11 is 0. The predicted molar refractivity (Wildman–Crippen MR) is 22.0 cm³/mol. The molecule has 0 aromatic carbocycles. The number of aliphatic hydroxyl groups is 2. The second-order valence-corrected chi connectivity index (χ2v) is 1.53. The van der Waals surface area contributed by atoms with Crippen molar-refractivity contribution in [2.24, 2.45) is 0 Å². The van der Waals surface area contributed by atoms with Crippen molar-refractivity contribution in [1.29, 1.82) is 0 Å². The summed E-state index contributed by atoms with van der Waals surface area (Å²) < 4.78 is 0. The van der Waals surface area contributed by atoms with E-state index in [2.05, 4.69) is 0 Å². The van der Waals surface area contributed by atoms with Gasteiger partial charge in [-0.15, -0.1) is 0 Å². The zero-order valence-corrected chi connectivity index (χ0v) is 6.68. The Balaban J connectivity index is -0.000000405. The van der Waals surface area contributed by atoms with Gasteiger partial charge >= 0.3 is 37.7 Å². The van der Waals surface area contributed by atoms with Crippen LogP contribution < -0.4 is 47.9 Å². The average molecular weight is 162 g/mol. The summed E-state index contributed by atoms with van der Waals surface area (Å²) in [5, 5.41) is 35.7. The number of carbonyl (C=O) groups is 2. The van der Waals surface area contributed by atoms with Gasteiger partial charge in [0.05, 0.1) is 11.9 Å². The van der Waals surface area contributed by atoms with Gasteiger partial charge < -0.3 is 30.0 Å². The van der Waals surface area contributed by atoms with Crippen molar-refractivity contribution in [2.45, 2.75) is 12.2 Å². The first-order valence-electron chi connectivity index (χ1n) is 2.24. The van der Waals surface area contributed by atoms with Crippen molar-refractivity contribution < 1.29 is 67.7 Å². The second kappa shape index (κ2) is 7.69. The van der Waals surface area contributed by atoms with E-state index in [4.69, 9.17) is 10.2 Å². The maximum Gasteiger partial charge on any atom is 1.00 e. The third kappa shape index (κ3) is 5.67. The molecule has 0 spiro atoms. The van der Waals surface area contributed by atoms with E-state index in [1.54, 1.807) is 0 Å². The molecule has 0 heterocycles. The fraction of sp³-hybridized carbons (Fsp3) is 0.500. The largest absolute Gasteiger partial charge is 1.00 e. The topological polar surface area (TPSA) is 121 Å². The molecule has 0 bridgehead atoms. The van der Waals surface area contributed by atoms with E-state index in [0.717, 1.165) is 0 Å². The Kier molecular flexibility index (Phi) is 11.5. The van der Waals surface area contributed by atoms with E-state index in [9.17, 15) is 19.8 Å². The molecule has 0 aromatic rings. The molecule has 0 aliphatic rings. The molecule has 0 saturated carbocycles. The van der Waals surface area contributed by atoms with Gasteiger partial charge in [0.1, 0.15) is 12.2 Å². The number of hydrogen-bond donors (Lipinski definition) is 2. The van der Waals surface area contributed by atoms with Crippen molar-refractivity contribution in [1.82, 2.24) is 0 Å². The standard InChI is InChI=1S/C4H6O6.2Li/c5-1(3(7)8)2(6)4(9)10;;/h1-2,5-6H,(H,7,8)(H,9,10);;/q;2*+1/p-2/t1-,2-;;/m0../s1.